The van der Waals surface area contributed by atoms with Crippen LogP contribution in [0.4, 0.5) is 5.82 Å². The van der Waals surface area contributed by atoms with E-state index in [2.05, 4.69) is 20.1 Å². The highest BCUT2D eigenvalue weighted by Gasteiger charge is 2.15. The van der Waals surface area contributed by atoms with Crippen molar-refractivity contribution in [3.8, 4) is 0 Å². The van der Waals surface area contributed by atoms with E-state index in [0.29, 0.717) is 12.4 Å². The van der Waals surface area contributed by atoms with Crippen molar-refractivity contribution in [2.24, 2.45) is 0 Å². The molecule has 0 saturated carbocycles. The zero-order valence-corrected chi connectivity index (χ0v) is 12.3. The van der Waals surface area contributed by atoms with E-state index in [9.17, 15) is 8.42 Å². The molecule has 2 rings (SSSR count). The maximum Gasteiger partial charge on any atom is 0.242 e. The van der Waals surface area contributed by atoms with Crippen molar-refractivity contribution in [2.75, 3.05) is 18.9 Å². The van der Waals surface area contributed by atoms with Gasteiger partial charge in [-0.3, -0.25) is 4.68 Å². The lowest BCUT2D eigenvalue weighted by Crippen LogP contribution is -2.27. The zero-order chi connectivity index (χ0) is 14.6. The van der Waals surface area contributed by atoms with Gasteiger partial charge in [0.25, 0.3) is 0 Å². The highest BCUT2D eigenvalue weighted by molar-refractivity contribution is 7.89. The Morgan fingerprint density at radius 3 is 2.85 bits per heavy atom. The number of hydrogen-bond donors (Lipinski definition) is 2. The average molecular weight is 316 g/mol. The molecule has 0 atom stereocenters. The Bertz CT molecular complexity index is 672. The number of nitrogens with one attached hydrogen (secondary N) is 2. The van der Waals surface area contributed by atoms with Gasteiger partial charge in [0.15, 0.2) is 0 Å². The van der Waals surface area contributed by atoms with Crippen LogP contribution in [0.3, 0.4) is 0 Å². The lowest BCUT2D eigenvalue weighted by Gasteiger charge is -2.08. The summed E-state index contributed by atoms with van der Waals surface area (Å²) >= 11 is 5.92. The van der Waals surface area contributed by atoms with Crippen molar-refractivity contribution in [2.45, 2.75) is 11.4 Å². The molecule has 108 valence electrons. The molecule has 0 fully saturated rings. The molecule has 2 aromatic heterocycles. The normalized spacial score (nSPS) is 11.5. The molecule has 0 unspecified atom stereocenters. The van der Waals surface area contributed by atoms with Crippen molar-refractivity contribution >= 4 is 27.4 Å². The number of halogens is 1. The third-order valence-electron chi connectivity index (χ3n) is 2.56. The molecule has 7 nitrogen and oxygen atoms in total. The van der Waals surface area contributed by atoms with E-state index in [1.807, 2.05) is 0 Å². The van der Waals surface area contributed by atoms with Gasteiger partial charge in [-0.1, -0.05) is 11.6 Å². The largest absolute Gasteiger partial charge is 0.372 e. The van der Waals surface area contributed by atoms with E-state index < -0.39 is 10.0 Å². The maximum atomic E-state index is 12.1. The second-order valence-electron chi connectivity index (χ2n) is 3.92. The average Bonchev–Trinajstić information content (AvgIpc) is 2.91. The molecule has 0 saturated heterocycles. The van der Waals surface area contributed by atoms with Gasteiger partial charge in [-0.05, 0) is 12.1 Å². The first-order valence-electron chi connectivity index (χ1n) is 5.83. The molecule has 9 heteroatoms. The number of rotatable bonds is 6. The van der Waals surface area contributed by atoms with E-state index >= 15 is 0 Å². The molecular formula is C11H14ClN5O2S. The van der Waals surface area contributed by atoms with Crippen LogP contribution in [0, 0.1) is 0 Å². The molecule has 20 heavy (non-hydrogen) atoms. The Kier molecular flexibility index (Phi) is 4.58. The van der Waals surface area contributed by atoms with Crippen LogP contribution in [0.5, 0.6) is 0 Å². The van der Waals surface area contributed by atoms with Crippen molar-refractivity contribution in [1.29, 1.82) is 0 Å². The summed E-state index contributed by atoms with van der Waals surface area (Å²) in [4.78, 5) is 3.97. The van der Waals surface area contributed by atoms with Crippen LogP contribution >= 0.6 is 11.6 Å². The summed E-state index contributed by atoms with van der Waals surface area (Å²) in [6.07, 6.45) is 4.65. The number of anilines is 1. The first-order valence-corrected chi connectivity index (χ1v) is 7.69. The van der Waals surface area contributed by atoms with Crippen molar-refractivity contribution in [3.63, 3.8) is 0 Å². The molecule has 0 amide bonds. The molecule has 0 aliphatic carbocycles. The van der Waals surface area contributed by atoms with Crippen LogP contribution in [0.25, 0.3) is 0 Å². The fraction of sp³-hybridized carbons (Fsp3) is 0.273. The van der Waals surface area contributed by atoms with E-state index in [1.54, 1.807) is 30.2 Å². The summed E-state index contributed by atoms with van der Waals surface area (Å²) in [5.74, 6) is 0.433. The minimum absolute atomic E-state index is 0.0296. The highest BCUT2D eigenvalue weighted by Crippen LogP contribution is 2.21. The number of sulfonamides is 1. The quantitative estimate of drug-likeness (QED) is 0.828. The summed E-state index contributed by atoms with van der Waals surface area (Å²) in [6.45, 7) is 0.678. The number of aromatic nitrogens is 3. The Hall–Kier alpha value is -1.64. The highest BCUT2D eigenvalue weighted by atomic mass is 35.5. The number of hydrogen-bond acceptors (Lipinski definition) is 5. The Labute approximate surface area is 122 Å². The van der Waals surface area contributed by atoms with Crippen LogP contribution in [0.15, 0.2) is 35.6 Å². The standard InChI is InChI=1S/C11H14ClN5O2S/c1-13-11-10(12)7-9(8-14-11)20(18,19)16-4-6-17-5-2-3-15-17/h2-3,5,7-8,16H,4,6H2,1H3,(H,13,14). The monoisotopic (exact) mass is 315 g/mol. The van der Waals surface area contributed by atoms with Gasteiger partial charge in [-0.25, -0.2) is 18.1 Å². The zero-order valence-electron chi connectivity index (χ0n) is 10.7. The fourth-order valence-electron chi connectivity index (χ4n) is 1.56. The molecule has 2 heterocycles. The molecule has 2 aromatic rings. The minimum Gasteiger partial charge on any atom is -0.372 e. The predicted molar refractivity (Wildman–Crippen MR) is 76.2 cm³/mol. The van der Waals surface area contributed by atoms with Crippen LogP contribution < -0.4 is 10.0 Å². The maximum absolute atomic E-state index is 12.1. The number of nitrogens with zero attached hydrogens (tertiary/aromatic N) is 3. The summed E-state index contributed by atoms with van der Waals surface area (Å²) in [7, 11) is -1.97. The number of pyridine rings is 1. The van der Waals surface area contributed by atoms with Crippen LogP contribution in [0.2, 0.25) is 5.02 Å². The van der Waals surface area contributed by atoms with E-state index in [4.69, 9.17) is 11.6 Å². The SMILES string of the molecule is CNc1ncc(S(=O)(=O)NCCn2cccn2)cc1Cl. The lowest BCUT2D eigenvalue weighted by atomic mass is 10.4. The van der Waals surface area contributed by atoms with Crippen LogP contribution in [-0.4, -0.2) is 36.8 Å². The van der Waals surface area contributed by atoms with E-state index in [-0.39, 0.29) is 16.5 Å². The Morgan fingerprint density at radius 1 is 1.45 bits per heavy atom. The van der Waals surface area contributed by atoms with Crippen LogP contribution in [0.1, 0.15) is 0 Å². The summed E-state index contributed by atoms with van der Waals surface area (Å²) in [6, 6.07) is 3.13. The fourth-order valence-corrected chi connectivity index (χ4v) is 2.88. The van der Waals surface area contributed by atoms with Gasteiger partial charge in [-0.15, -0.1) is 0 Å². The van der Waals surface area contributed by atoms with Gasteiger partial charge >= 0.3 is 0 Å². The Balaban J connectivity index is 2.04. The third kappa shape index (κ3) is 3.47. The second kappa shape index (κ2) is 6.21. The van der Waals surface area contributed by atoms with E-state index in [0.717, 1.165) is 0 Å². The molecule has 0 radical (unpaired) electrons. The van der Waals surface area contributed by atoms with E-state index in [1.165, 1.54) is 12.3 Å². The second-order valence-corrected chi connectivity index (χ2v) is 6.09. The first kappa shape index (κ1) is 14.8. The van der Waals surface area contributed by atoms with Crippen molar-refractivity contribution < 1.29 is 8.42 Å². The lowest BCUT2D eigenvalue weighted by molar-refractivity contribution is 0.560. The van der Waals surface area contributed by atoms with Gasteiger partial charge in [0.05, 0.1) is 11.6 Å². The van der Waals surface area contributed by atoms with Gasteiger partial charge in [0.2, 0.25) is 10.0 Å². The van der Waals surface area contributed by atoms with Gasteiger partial charge in [0.1, 0.15) is 10.7 Å². The van der Waals surface area contributed by atoms with Crippen molar-refractivity contribution in [3.05, 3.63) is 35.7 Å². The molecule has 0 bridgehead atoms. The smallest absolute Gasteiger partial charge is 0.242 e. The molecule has 0 aliphatic rings. The summed E-state index contributed by atoms with van der Waals surface area (Å²) in [5, 5.41) is 7.00. The van der Waals surface area contributed by atoms with Gasteiger partial charge < -0.3 is 5.32 Å². The molecule has 0 aromatic carbocycles. The first-order chi connectivity index (χ1) is 9.53. The third-order valence-corrected chi connectivity index (χ3v) is 4.27. The van der Waals surface area contributed by atoms with Crippen molar-refractivity contribution in [1.82, 2.24) is 19.5 Å². The molecule has 2 N–H and O–H groups in total. The summed E-state index contributed by atoms with van der Waals surface area (Å²) < 4.78 is 28.2. The van der Waals surface area contributed by atoms with Gasteiger partial charge in [0, 0.05) is 32.2 Å². The Morgan fingerprint density at radius 2 is 2.25 bits per heavy atom. The molecule has 0 aliphatic heterocycles. The topological polar surface area (TPSA) is 88.9 Å². The molecule has 0 spiro atoms. The summed E-state index contributed by atoms with van der Waals surface area (Å²) in [5.41, 5.74) is 0. The van der Waals surface area contributed by atoms with Gasteiger partial charge in [-0.2, -0.15) is 5.10 Å². The minimum atomic E-state index is -3.63. The predicted octanol–water partition coefficient (Wildman–Crippen LogP) is 0.952. The van der Waals surface area contributed by atoms with Crippen LogP contribution in [-0.2, 0) is 16.6 Å². The molecular weight excluding hydrogens is 302 g/mol.